The summed E-state index contributed by atoms with van der Waals surface area (Å²) >= 11 is 0. The third-order valence-electron chi connectivity index (χ3n) is 3.04. The summed E-state index contributed by atoms with van der Waals surface area (Å²) in [5, 5.41) is 0. The lowest BCUT2D eigenvalue weighted by atomic mass is 10.1. The van der Waals surface area contributed by atoms with Gasteiger partial charge in [0.1, 0.15) is 6.10 Å². The molecular weight excluding hydrogens is 194 g/mol. The molecule has 0 N–H and O–H groups in total. The molecule has 0 aromatic rings. The van der Waals surface area contributed by atoms with Gasteiger partial charge in [-0.05, 0) is 12.0 Å². The Balaban J connectivity index is 2.03. The fourth-order valence-corrected chi connectivity index (χ4v) is 2.51. The number of fused-ring (bicyclic) bond motifs is 1. The van der Waals surface area contributed by atoms with Crippen molar-refractivity contribution < 1.29 is 14.3 Å². The Kier molecular flexibility index (Phi) is 3.07. The SMILES string of the molecule is COCC1=CCN2CCC(OC(C)=O)C12. The van der Waals surface area contributed by atoms with Crippen LogP contribution >= 0.6 is 0 Å². The summed E-state index contributed by atoms with van der Waals surface area (Å²) in [4.78, 5) is 13.3. The van der Waals surface area contributed by atoms with E-state index in [1.807, 2.05) is 0 Å². The van der Waals surface area contributed by atoms with Crippen LogP contribution in [0.3, 0.4) is 0 Å². The molecule has 84 valence electrons. The number of carbonyl (C=O) groups is 1. The number of methoxy groups -OCH3 is 1. The molecule has 2 atom stereocenters. The zero-order valence-electron chi connectivity index (χ0n) is 9.23. The molecule has 0 radical (unpaired) electrons. The second-order valence-electron chi connectivity index (χ2n) is 4.09. The Hall–Kier alpha value is -0.870. The molecule has 2 rings (SSSR count). The van der Waals surface area contributed by atoms with E-state index in [-0.39, 0.29) is 18.1 Å². The second kappa shape index (κ2) is 4.33. The van der Waals surface area contributed by atoms with Crippen LogP contribution in [0.25, 0.3) is 0 Å². The Morgan fingerprint density at radius 1 is 1.67 bits per heavy atom. The zero-order valence-corrected chi connectivity index (χ0v) is 9.23. The topological polar surface area (TPSA) is 38.8 Å². The fourth-order valence-electron chi connectivity index (χ4n) is 2.51. The Morgan fingerprint density at radius 3 is 3.13 bits per heavy atom. The summed E-state index contributed by atoms with van der Waals surface area (Å²) in [6.45, 7) is 4.07. The minimum atomic E-state index is -0.189. The highest BCUT2D eigenvalue weighted by molar-refractivity contribution is 5.66. The summed E-state index contributed by atoms with van der Waals surface area (Å²) in [7, 11) is 1.69. The lowest BCUT2D eigenvalue weighted by Crippen LogP contribution is -2.35. The number of hydrogen-bond donors (Lipinski definition) is 0. The maximum Gasteiger partial charge on any atom is 0.302 e. The van der Waals surface area contributed by atoms with Crippen LogP contribution in [-0.2, 0) is 14.3 Å². The van der Waals surface area contributed by atoms with Crippen molar-refractivity contribution in [3.63, 3.8) is 0 Å². The number of rotatable bonds is 3. The molecule has 2 unspecified atom stereocenters. The van der Waals surface area contributed by atoms with E-state index in [1.165, 1.54) is 12.5 Å². The van der Waals surface area contributed by atoms with Crippen LogP contribution < -0.4 is 0 Å². The van der Waals surface area contributed by atoms with Gasteiger partial charge in [0, 0.05) is 27.1 Å². The third kappa shape index (κ3) is 2.06. The lowest BCUT2D eigenvalue weighted by molar-refractivity contribution is -0.146. The van der Waals surface area contributed by atoms with Gasteiger partial charge in [-0.3, -0.25) is 9.69 Å². The Morgan fingerprint density at radius 2 is 2.47 bits per heavy atom. The maximum absolute atomic E-state index is 11.0. The average molecular weight is 211 g/mol. The molecular formula is C11H17NO3. The Bertz CT molecular complexity index is 288. The first kappa shape index (κ1) is 10.6. The zero-order chi connectivity index (χ0) is 10.8. The van der Waals surface area contributed by atoms with Crippen molar-refractivity contribution in [2.45, 2.75) is 25.5 Å². The van der Waals surface area contributed by atoms with Crippen LogP contribution in [0.15, 0.2) is 11.6 Å². The fraction of sp³-hybridized carbons (Fsp3) is 0.727. The number of nitrogens with zero attached hydrogens (tertiary/aromatic N) is 1. The van der Waals surface area contributed by atoms with Gasteiger partial charge in [0.25, 0.3) is 0 Å². The van der Waals surface area contributed by atoms with Crippen LogP contribution in [0, 0.1) is 0 Å². The Labute approximate surface area is 89.8 Å². The van der Waals surface area contributed by atoms with Crippen molar-refractivity contribution >= 4 is 5.97 Å². The monoisotopic (exact) mass is 211 g/mol. The molecule has 2 aliphatic rings. The smallest absolute Gasteiger partial charge is 0.302 e. The molecule has 15 heavy (non-hydrogen) atoms. The number of carbonyl (C=O) groups excluding carboxylic acids is 1. The normalized spacial score (nSPS) is 30.1. The van der Waals surface area contributed by atoms with E-state index in [0.29, 0.717) is 6.61 Å². The van der Waals surface area contributed by atoms with Crippen molar-refractivity contribution in [2.75, 3.05) is 26.8 Å². The first-order valence-electron chi connectivity index (χ1n) is 5.31. The average Bonchev–Trinajstić information content (AvgIpc) is 2.71. The van der Waals surface area contributed by atoms with Crippen LogP contribution in [0.5, 0.6) is 0 Å². The van der Waals surface area contributed by atoms with Gasteiger partial charge in [0.05, 0.1) is 12.6 Å². The van der Waals surface area contributed by atoms with Gasteiger partial charge in [-0.25, -0.2) is 0 Å². The maximum atomic E-state index is 11.0. The van der Waals surface area contributed by atoms with Gasteiger partial charge in [0.15, 0.2) is 0 Å². The van der Waals surface area contributed by atoms with Crippen LogP contribution in [0.4, 0.5) is 0 Å². The minimum absolute atomic E-state index is 0.0198. The third-order valence-corrected chi connectivity index (χ3v) is 3.04. The number of hydrogen-bond acceptors (Lipinski definition) is 4. The van der Waals surface area contributed by atoms with Crippen molar-refractivity contribution in [1.82, 2.24) is 4.90 Å². The number of ether oxygens (including phenoxy) is 2. The standard InChI is InChI=1S/C11H17NO3/c1-8(13)15-10-4-6-12-5-3-9(7-14-2)11(10)12/h3,10-11H,4-7H2,1-2H3. The summed E-state index contributed by atoms with van der Waals surface area (Å²) in [5.74, 6) is -0.189. The van der Waals surface area contributed by atoms with Gasteiger partial charge in [-0.2, -0.15) is 0 Å². The van der Waals surface area contributed by atoms with Gasteiger partial charge < -0.3 is 9.47 Å². The molecule has 0 saturated carbocycles. The molecule has 4 nitrogen and oxygen atoms in total. The molecule has 1 fully saturated rings. The molecule has 0 aromatic heterocycles. The molecule has 0 bridgehead atoms. The highest BCUT2D eigenvalue weighted by Crippen LogP contribution is 2.31. The predicted octanol–water partition coefficient (Wildman–Crippen LogP) is 0.579. The molecule has 2 heterocycles. The second-order valence-corrected chi connectivity index (χ2v) is 4.09. The predicted molar refractivity (Wildman–Crippen MR) is 55.5 cm³/mol. The van der Waals surface area contributed by atoms with E-state index in [2.05, 4.69) is 11.0 Å². The summed E-state index contributed by atoms with van der Waals surface area (Å²) in [5.41, 5.74) is 1.25. The van der Waals surface area contributed by atoms with Crippen LogP contribution in [0.1, 0.15) is 13.3 Å². The van der Waals surface area contributed by atoms with Crippen LogP contribution in [0.2, 0.25) is 0 Å². The molecule has 0 spiro atoms. The van der Waals surface area contributed by atoms with Gasteiger partial charge in [-0.1, -0.05) is 6.08 Å². The molecule has 0 amide bonds. The van der Waals surface area contributed by atoms with Crippen LogP contribution in [-0.4, -0.2) is 49.8 Å². The lowest BCUT2D eigenvalue weighted by Gasteiger charge is -2.23. The van der Waals surface area contributed by atoms with E-state index in [1.54, 1.807) is 7.11 Å². The molecule has 2 aliphatic heterocycles. The minimum Gasteiger partial charge on any atom is -0.460 e. The first-order valence-corrected chi connectivity index (χ1v) is 5.31. The molecule has 4 heteroatoms. The highest BCUT2D eigenvalue weighted by atomic mass is 16.5. The quantitative estimate of drug-likeness (QED) is 0.505. The van der Waals surface area contributed by atoms with E-state index < -0.39 is 0 Å². The van der Waals surface area contributed by atoms with Gasteiger partial charge >= 0.3 is 5.97 Å². The summed E-state index contributed by atoms with van der Waals surface area (Å²) in [6, 6.07) is 0.258. The molecule has 0 aliphatic carbocycles. The highest BCUT2D eigenvalue weighted by Gasteiger charge is 2.40. The van der Waals surface area contributed by atoms with Crippen molar-refractivity contribution in [1.29, 1.82) is 0 Å². The summed E-state index contributed by atoms with van der Waals surface area (Å²) < 4.78 is 10.5. The van der Waals surface area contributed by atoms with Crippen molar-refractivity contribution in [2.24, 2.45) is 0 Å². The van der Waals surface area contributed by atoms with Gasteiger partial charge in [-0.15, -0.1) is 0 Å². The van der Waals surface area contributed by atoms with Crippen molar-refractivity contribution in [3.05, 3.63) is 11.6 Å². The largest absolute Gasteiger partial charge is 0.460 e. The van der Waals surface area contributed by atoms with E-state index >= 15 is 0 Å². The van der Waals surface area contributed by atoms with Gasteiger partial charge in [0.2, 0.25) is 0 Å². The van der Waals surface area contributed by atoms with E-state index in [9.17, 15) is 4.79 Å². The van der Waals surface area contributed by atoms with E-state index in [4.69, 9.17) is 9.47 Å². The molecule has 0 aromatic carbocycles. The summed E-state index contributed by atoms with van der Waals surface area (Å²) in [6.07, 6.45) is 3.14. The van der Waals surface area contributed by atoms with Crippen molar-refractivity contribution in [3.8, 4) is 0 Å². The molecule has 1 saturated heterocycles. The first-order chi connectivity index (χ1) is 7.22. The number of esters is 1. The van der Waals surface area contributed by atoms with E-state index in [0.717, 1.165) is 19.5 Å².